The van der Waals surface area contributed by atoms with Gasteiger partial charge in [0.25, 0.3) is 0 Å². The van der Waals surface area contributed by atoms with Crippen LogP contribution in [0.15, 0.2) is 66.3 Å². The summed E-state index contributed by atoms with van der Waals surface area (Å²) in [7, 11) is 0. The number of halogens is 1. The van der Waals surface area contributed by atoms with Crippen LogP contribution in [0.5, 0.6) is 0 Å². The largest absolute Gasteiger partial charge is 0.326 e. The van der Waals surface area contributed by atoms with Crippen LogP contribution in [-0.4, -0.2) is 21.8 Å². The van der Waals surface area contributed by atoms with Gasteiger partial charge in [-0.15, -0.1) is 11.3 Å². The molecule has 8 heteroatoms. The minimum atomic E-state index is -0.208. The molecule has 4 rings (SSSR count). The first-order chi connectivity index (χ1) is 14.5. The summed E-state index contributed by atoms with van der Waals surface area (Å²) in [6.07, 6.45) is 1.71. The average molecular weight is 437 g/mol. The van der Waals surface area contributed by atoms with Crippen LogP contribution in [0.3, 0.4) is 0 Å². The van der Waals surface area contributed by atoms with Crippen LogP contribution in [0.25, 0.3) is 10.2 Å². The van der Waals surface area contributed by atoms with Crippen molar-refractivity contribution in [2.45, 2.75) is 13.3 Å². The maximum Gasteiger partial charge on any atom is 0.229 e. The van der Waals surface area contributed by atoms with E-state index in [2.05, 4.69) is 15.3 Å². The van der Waals surface area contributed by atoms with Gasteiger partial charge in [-0.2, -0.15) is 0 Å². The molecule has 0 atom stereocenters. The molecule has 2 aromatic carbocycles. The molecule has 2 aromatic heterocycles. The lowest BCUT2D eigenvalue weighted by atomic mass is 10.1. The second-order valence-electron chi connectivity index (χ2n) is 6.58. The predicted molar refractivity (Wildman–Crippen MR) is 120 cm³/mol. The summed E-state index contributed by atoms with van der Waals surface area (Å²) in [5.74, 6) is 0.0218. The fraction of sp³-hybridized carbons (Fsp3) is 0.0909. The lowest BCUT2D eigenvalue weighted by Crippen LogP contribution is -2.24. The van der Waals surface area contributed by atoms with Crippen LogP contribution >= 0.6 is 22.9 Å². The highest BCUT2D eigenvalue weighted by molar-refractivity contribution is 7.16. The van der Waals surface area contributed by atoms with Gasteiger partial charge in [0.1, 0.15) is 5.82 Å². The van der Waals surface area contributed by atoms with Crippen molar-refractivity contribution in [1.29, 1.82) is 0 Å². The van der Waals surface area contributed by atoms with Gasteiger partial charge in [0, 0.05) is 29.9 Å². The van der Waals surface area contributed by atoms with Crippen LogP contribution in [0.1, 0.15) is 12.5 Å². The molecule has 0 radical (unpaired) electrons. The van der Waals surface area contributed by atoms with Crippen LogP contribution < -0.4 is 10.2 Å². The van der Waals surface area contributed by atoms with Crippen molar-refractivity contribution in [3.63, 3.8) is 0 Å². The van der Waals surface area contributed by atoms with E-state index in [1.807, 2.05) is 36.4 Å². The number of benzene rings is 2. The van der Waals surface area contributed by atoms with Gasteiger partial charge in [-0.25, -0.2) is 9.97 Å². The Hall–Kier alpha value is -3.29. The number of fused-ring (bicyclic) bond motifs is 1. The molecule has 0 spiro atoms. The van der Waals surface area contributed by atoms with Crippen LogP contribution in [0.2, 0.25) is 5.02 Å². The Morgan fingerprint density at radius 2 is 1.93 bits per heavy atom. The number of rotatable bonds is 5. The molecule has 2 amide bonds. The quantitative estimate of drug-likeness (QED) is 0.466. The lowest BCUT2D eigenvalue weighted by molar-refractivity contribution is -0.116. The number of aromatic nitrogens is 2. The molecule has 0 aliphatic rings. The third kappa shape index (κ3) is 4.32. The second-order valence-corrected chi connectivity index (χ2v) is 7.87. The van der Waals surface area contributed by atoms with Gasteiger partial charge < -0.3 is 5.32 Å². The number of nitrogens with one attached hydrogen (secondary N) is 1. The highest BCUT2D eigenvalue weighted by Gasteiger charge is 2.17. The number of hydrogen-bond acceptors (Lipinski definition) is 5. The molecule has 30 heavy (non-hydrogen) atoms. The molecule has 0 unspecified atom stereocenters. The first kappa shape index (κ1) is 20.0. The molecule has 0 bridgehead atoms. The van der Waals surface area contributed by atoms with E-state index in [1.54, 1.807) is 29.9 Å². The molecule has 6 nitrogen and oxygen atoms in total. The van der Waals surface area contributed by atoms with E-state index in [-0.39, 0.29) is 18.2 Å². The number of anilines is 3. The predicted octanol–water partition coefficient (Wildman–Crippen LogP) is 5.21. The summed E-state index contributed by atoms with van der Waals surface area (Å²) in [6, 6.07) is 16.2. The number of hydrogen-bond donors (Lipinski definition) is 1. The summed E-state index contributed by atoms with van der Waals surface area (Å²) in [5.41, 5.74) is 4.61. The fourth-order valence-corrected chi connectivity index (χ4v) is 4.01. The first-order valence-electron chi connectivity index (χ1n) is 9.14. The Morgan fingerprint density at radius 1 is 1.10 bits per heavy atom. The normalized spacial score (nSPS) is 10.7. The van der Waals surface area contributed by atoms with Gasteiger partial charge in [0.15, 0.2) is 0 Å². The standard InChI is InChI=1S/C22H17ClN4O2S/c1-14(28)27(17-6-7-19-20(12-17)30-13-25-19)21-11-16(8-9-24-21)26-22(29)10-15-4-2-3-5-18(15)23/h2-9,11-13H,10H2,1H3,(H,24,26,29). The molecule has 1 N–H and O–H groups in total. The van der Waals surface area contributed by atoms with E-state index in [4.69, 9.17) is 11.6 Å². The molecule has 2 heterocycles. The Kier molecular flexibility index (Phi) is 5.74. The summed E-state index contributed by atoms with van der Waals surface area (Å²) in [4.78, 5) is 35.0. The first-order valence-corrected chi connectivity index (χ1v) is 10.4. The van der Waals surface area contributed by atoms with E-state index in [9.17, 15) is 9.59 Å². The van der Waals surface area contributed by atoms with Crippen molar-refractivity contribution in [3.8, 4) is 0 Å². The van der Waals surface area contributed by atoms with Crippen LogP contribution in [0.4, 0.5) is 17.2 Å². The lowest BCUT2D eigenvalue weighted by Gasteiger charge is -2.21. The van der Waals surface area contributed by atoms with Gasteiger partial charge in [0.05, 0.1) is 27.8 Å². The molecule has 0 saturated carbocycles. The molecule has 0 aliphatic heterocycles. The van der Waals surface area contributed by atoms with E-state index in [1.165, 1.54) is 23.2 Å². The molecule has 0 aliphatic carbocycles. The third-order valence-corrected chi connectivity index (χ3v) is 5.62. The number of nitrogens with zero attached hydrogens (tertiary/aromatic N) is 3. The SMILES string of the molecule is CC(=O)N(c1ccc2ncsc2c1)c1cc(NC(=O)Cc2ccccc2Cl)ccn1. The van der Waals surface area contributed by atoms with Crippen molar-refractivity contribution < 1.29 is 9.59 Å². The molecular formula is C22H17ClN4O2S. The molecule has 0 fully saturated rings. The maximum atomic E-state index is 12.5. The summed E-state index contributed by atoms with van der Waals surface area (Å²) in [5, 5.41) is 3.39. The maximum absolute atomic E-state index is 12.5. The minimum absolute atomic E-state index is 0.149. The highest BCUT2D eigenvalue weighted by Crippen LogP contribution is 2.30. The topological polar surface area (TPSA) is 75.2 Å². The summed E-state index contributed by atoms with van der Waals surface area (Å²) >= 11 is 7.64. The van der Waals surface area contributed by atoms with E-state index < -0.39 is 0 Å². The monoisotopic (exact) mass is 436 g/mol. The van der Waals surface area contributed by atoms with Gasteiger partial charge in [-0.05, 0) is 35.9 Å². The minimum Gasteiger partial charge on any atom is -0.326 e. The van der Waals surface area contributed by atoms with Crippen molar-refractivity contribution in [2.24, 2.45) is 0 Å². The molecule has 150 valence electrons. The summed E-state index contributed by atoms with van der Waals surface area (Å²) in [6.45, 7) is 1.47. The number of thiazole rings is 1. The van der Waals surface area contributed by atoms with E-state index in [0.29, 0.717) is 22.2 Å². The van der Waals surface area contributed by atoms with Gasteiger partial charge in [0.2, 0.25) is 11.8 Å². The van der Waals surface area contributed by atoms with Crippen LogP contribution in [0, 0.1) is 0 Å². The van der Waals surface area contributed by atoms with Gasteiger partial charge >= 0.3 is 0 Å². The number of carbonyl (C=O) groups excluding carboxylic acids is 2. The Labute approximate surface area is 182 Å². The Morgan fingerprint density at radius 3 is 2.73 bits per heavy atom. The zero-order chi connectivity index (χ0) is 21.1. The average Bonchev–Trinajstić information content (AvgIpc) is 3.18. The number of amides is 2. The van der Waals surface area contributed by atoms with E-state index >= 15 is 0 Å². The Balaban J connectivity index is 1.58. The van der Waals surface area contributed by atoms with Crippen molar-refractivity contribution in [2.75, 3.05) is 10.2 Å². The van der Waals surface area contributed by atoms with Gasteiger partial charge in [-0.3, -0.25) is 14.5 Å². The summed E-state index contributed by atoms with van der Waals surface area (Å²) < 4.78 is 0.975. The smallest absolute Gasteiger partial charge is 0.229 e. The number of pyridine rings is 1. The molecule has 0 saturated heterocycles. The molecule has 4 aromatic rings. The van der Waals surface area contributed by atoms with Crippen molar-refractivity contribution in [3.05, 3.63) is 76.9 Å². The van der Waals surface area contributed by atoms with Crippen LogP contribution in [-0.2, 0) is 16.0 Å². The van der Waals surface area contributed by atoms with Crippen molar-refractivity contribution in [1.82, 2.24) is 9.97 Å². The Bertz CT molecular complexity index is 1240. The van der Waals surface area contributed by atoms with Crippen molar-refractivity contribution >= 4 is 62.2 Å². The van der Waals surface area contributed by atoms with Gasteiger partial charge in [-0.1, -0.05) is 29.8 Å². The zero-order valence-corrected chi connectivity index (χ0v) is 17.6. The number of carbonyl (C=O) groups is 2. The van der Waals surface area contributed by atoms with E-state index in [0.717, 1.165) is 15.8 Å². The fourth-order valence-electron chi connectivity index (χ4n) is 3.10. The molecular weight excluding hydrogens is 420 g/mol. The zero-order valence-electron chi connectivity index (χ0n) is 16.0. The third-order valence-electron chi connectivity index (χ3n) is 4.46. The second kappa shape index (κ2) is 8.61. The highest BCUT2D eigenvalue weighted by atomic mass is 35.5.